The molecule has 0 aliphatic carbocycles. The molecule has 0 radical (unpaired) electrons. The van der Waals surface area contributed by atoms with Crippen LogP contribution >= 0.6 is 7.82 Å². The van der Waals surface area contributed by atoms with Gasteiger partial charge in [0.05, 0.1) is 30.1 Å². The third kappa shape index (κ3) is 12.5. The molecule has 266 valence electrons. The number of aryl methyl sites for hydroxylation is 1. The number of aromatic nitrogens is 3. The zero-order valence-electron chi connectivity index (χ0n) is 28.6. The van der Waals surface area contributed by atoms with Gasteiger partial charge < -0.3 is 24.6 Å². The minimum Gasteiger partial charge on any atom is -0.387 e. The summed E-state index contributed by atoms with van der Waals surface area (Å²) in [6.45, 7) is 4.84. The first-order valence-electron chi connectivity index (χ1n) is 17.8. The van der Waals surface area contributed by atoms with E-state index in [0.717, 1.165) is 13.0 Å². The maximum Gasteiger partial charge on any atom is 0.472 e. The van der Waals surface area contributed by atoms with Crippen molar-refractivity contribution in [3.8, 4) is 12.3 Å². The SMILES string of the molecule is C#C[C@@]1(c2ccc3c(C)ncnn23)O[C@H](COP(=O)(O)OCCCCOCCCCCCCCCCCCCCCCC)[C@@H](O)[C@H]1O. The second-order valence-electron chi connectivity index (χ2n) is 12.7. The molecule has 1 fully saturated rings. The molecule has 3 rings (SSSR count). The van der Waals surface area contributed by atoms with Crippen molar-refractivity contribution in [3.05, 3.63) is 29.8 Å². The molecule has 0 bridgehead atoms. The number of hydrogen-bond acceptors (Lipinski definition) is 9. The van der Waals surface area contributed by atoms with Crippen molar-refractivity contribution in [2.75, 3.05) is 26.4 Å². The van der Waals surface area contributed by atoms with Crippen molar-refractivity contribution in [3.63, 3.8) is 0 Å². The lowest BCUT2D eigenvalue weighted by Gasteiger charge is -2.26. The van der Waals surface area contributed by atoms with Crippen LogP contribution in [0.25, 0.3) is 5.52 Å². The van der Waals surface area contributed by atoms with Crippen molar-refractivity contribution in [1.82, 2.24) is 14.6 Å². The molecule has 0 amide bonds. The van der Waals surface area contributed by atoms with E-state index in [1.54, 1.807) is 19.1 Å². The Kier molecular flexibility index (Phi) is 17.9. The summed E-state index contributed by atoms with van der Waals surface area (Å²) in [4.78, 5) is 14.3. The highest BCUT2D eigenvalue weighted by molar-refractivity contribution is 7.47. The fraction of sp³-hybridized carbons (Fsp3) is 0.771. The standard InChI is InChI=1S/C35H58N3O8P/c1-4-6-7-8-9-10-11-12-13-14-15-16-17-18-19-24-43-25-20-21-26-44-47(41,42)45-27-31-33(39)34(40)35(5-2,46-31)32-23-22-30-29(3)36-28-37-38(30)32/h2,22-23,28,31,33-34,39-40H,4,6-21,24-27H2,1,3H3,(H,41,42)/t31-,33-,34-,35+/m1/s1. The minimum absolute atomic E-state index is 0.0102. The predicted molar refractivity (Wildman–Crippen MR) is 182 cm³/mol. The molecule has 1 aliphatic rings. The first-order valence-corrected chi connectivity index (χ1v) is 19.3. The zero-order valence-corrected chi connectivity index (χ0v) is 29.5. The molecule has 5 atom stereocenters. The number of hydrogen-bond donors (Lipinski definition) is 3. The molecule has 3 heterocycles. The molecular weight excluding hydrogens is 621 g/mol. The maximum absolute atomic E-state index is 12.5. The van der Waals surface area contributed by atoms with Gasteiger partial charge in [-0.15, -0.1) is 6.42 Å². The van der Waals surface area contributed by atoms with Gasteiger partial charge in [0.2, 0.25) is 0 Å². The fourth-order valence-corrected chi connectivity index (χ4v) is 6.84. The van der Waals surface area contributed by atoms with Crippen LogP contribution in [0.15, 0.2) is 18.5 Å². The summed E-state index contributed by atoms with van der Waals surface area (Å²) in [6, 6.07) is 3.37. The Hall–Kier alpha value is -1.87. The van der Waals surface area contributed by atoms with Crippen molar-refractivity contribution in [2.24, 2.45) is 0 Å². The number of ether oxygens (including phenoxy) is 2. The van der Waals surface area contributed by atoms with E-state index in [-0.39, 0.29) is 6.61 Å². The summed E-state index contributed by atoms with van der Waals surface area (Å²) in [5.41, 5.74) is -0.0880. The Bertz CT molecular complexity index is 1250. The van der Waals surface area contributed by atoms with Gasteiger partial charge in [-0.2, -0.15) is 5.10 Å². The number of unbranched alkanes of at least 4 members (excludes halogenated alkanes) is 15. The fourth-order valence-electron chi connectivity index (χ4n) is 6.07. The van der Waals surface area contributed by atoms with E-state index in [0.29, 0.717) is 36.4 Å². The van der Waals surface area contributed by atoms with E-state index in [1.807, 2.05) is 0 Å². The molecule has 0 saturated carbocycles. The van der Waals surface area contributed by atoms with E-state index in [1.165, 1.54) is 101 Å². The summed E-state index contributed by atoms with van der Waals surface area (Å²) >= 11 is 0. The van der Waals surface area contributed by atoms with E-state index >= 15 is 0 Å². The third-order valence-electron chi connectivity index (χ3n) is 8.93. The number of terminal acetylenes is 1. The molecule has 12 heteroatoms. The average molecular weight is 680 g/mol. The lowest BCUT2D eigenvalue weighted by molar-refractivity contribution is -0.0630. The summed E-state index contributed by atoms with van der Waals surface area (Å²) in [7, 11) is -4.43. The first-order chi connectivity index (χ1) is 22.8. The van der Waals surface area contributed by atoms with Crippen LogP contribution in [0.5, 0.6) is 0 Å². The normalized spacial score (nSPS) is 22.5. The molecule has 0 spiro atoms. The molecule has 2 aromatic heterocycles. The highest BCUT2D eigenvalue weighted by Gasteiger charge is 2.56. The van der Waals surface area contributed by atoms with Crippen LogP contribution in [0.2, 0.25) is 0 Å². The smallest absolute Gasteiger partial charge is 0.387 e. The minimum atomic E-state index is -4.43. The summed E-state index contributed by atoms with van der Waals surface area (Å²) < 4.78 is 35.7. The molecule has 2 aromatic rings. The number of nitrogens with zero attached hydrogens (tertiary/aromatic N) is 3. The van der Waals surface area contributed by atoms with Gasteiger partial charge in [-0.25, -0.2) is 14.1 Å². The van der Waals surface area contributed by atoms with Gasteiger partial charge in [0, 0.05) is 13.2 Å². The second kappa shape index (κ2) is 21.3. The Morgan fingerprint density at radius 3 is 2.04 bits per heavy atom. The molecule has 0 aromatic carbocycles. The van der Waals surface area contributed by atoms with E-state index in [9.17, 15) is 19.7 Å². The highest BCUT2D eigenvalue weighted by Crippen LogP contribution is 2.46. The second-order valence-corrected chi connectivity index (χ2v) is 14.2. The van der Waals surface area contributed by atoms with Gasteiger partial charge >= 0.3 is 7.82 Å². The zero-order chi connectivity index (χ0) is 34.0. The van der Waals surface area contributed by atoms with Gasteiger partial charge in [-0.1, -0.05) is 103 Å². The van der Waals surface area contributed by atoms with Gasteiger partial charge in [-0.05, 0) is 38.3 Å². The first kappa shape index (κ1) is 39.6. The van der Waals surface area contributed by atoms with Crippen molar-refractivity contribution in [2.45, 2.75) is 147 Å². The van der Waals surface area contributed by atoms with Crippen LogP contribution in [0.3, 0.4) is 0 Å². The van der Waals surface area contributed by atoms with Crippen LogP contribution in [0, 0.1) is 19.3 Å². The van der Waals surface area contributed by atoms with Crippen molar-refractivity contribution in [1.29, 1.82) is 0 Å². The maximum atomic E-state index is 12.5. The topological polar surface area (TPSA) is 145 Å². The predicted octanol–water partition coefficient (Wildman–Crippen LogP) is 6.79. The number of phosphoric acid groups is 1. The van der Waals surface area contributed by atoms with Crippen LogP contribution in [-0.2, 0) is 28.7 Å². The third-order valence-corrected chi connectivity index (χ3v) is 9.91. The quantitative estimate of drug-likeness (QED) is 0.0552. The Morgan fingerprint density at radius 1 is 0.894 bits per heavy atom. The Balaban J connectivity index is 1.19. The number of phosphoric ester groups is 1. The van der Waals surface area contributed by atoms with E-state index in [2.05, 4.69) is 22.9 Å². The van der Waals surface area contributed by atoms with Gasteiger partial charge in [-0.3, -0.25) is 9.05 Å². The van der Waals surface area contributed by atoms with Crippen LogP contribution < -0.4 is 0 Å². The van der Waals surface area contributed by atoms with Crippen LogP contribution in [-0.4, -0.2) is 74.4 Å². The Labute approximate surface area is 281 Å². The van der Waals surface area contributed by atoms with Crippen molar-refractivity contribution < 1.29 is 38.2 Å². The molecule has 47 heavy (non-hydrogen) atoms. The van der Waals surface area contributed by atoms with Gasteiger partial charge in [0.25, 0.3) is 0 Å². The molecule has 1 saturated heterocycles. The molecular formula is C35H58N3O8P. The molecule has 11 nitrogen and oxygen atoms in total. The molecule has 3 N–H and O–H groups in total. The summed E-state index contributed by atoms with van der Waals surface area (Å²) in [5, 5.41) is 25.8. The number of aliphatic hydroxyl groups excluding tert-OH is 2. The van der Waals surface area contributed by atoms with Crippen LogP contribution in [0.1, 0.15) is 127 Å². The lowest BCUT2D eigenvalue weighted by Crippen LogP contribution is -2.41. The van der Waals surface area contributed by atoms with E-state index < -0.39 is 38.3 Å². The van der Waals surface area contributed by atoms with Gasteiger partial charge in [0.1, 0.15) is 24.6 Å². The highest BCUT2D eigenvalue weighted by atomic mass is 31.2. The largest absolute Gasteiger partial charge is 0.472 e. The number of fused-ring (bicyclic) bond motifs is 1. The average Bonchev–Trinajstić information content (AvgIpc) is 3.61. The van der Waals surface area contributed by atoms with E-state index in [4.69, 9.17) is 24.9 Å². The molecule has 1 aliphatic heterocycles. The lowest BCUT2D eigenvalue weighted by atomic mass is 9.92. The summed E-state index contributed by atoms with van der Waals surface area (Å²) in [6.07, 6.45) is 24.1. The van der Waals surface area contributed by atoms with Crippen molar-refractivity contribution >= 4 is 13.3 Å². The van der Waals surface area contributed by atoms with Gasteiger partial charge in [0.15, 0.2) is 5.60 Å². The summed E-state index contributed by atoms with van der Waals surface area (Å²) in [5.74, 6) is 2.45. The monoisotopic (exact) mass is 679 g/mol. The van der Waals surface area contributed by atoms with Crippen LogP contribution in [0.4, 0.5) is 0 Å². The number of aliphatic hydroxyl groups is 2. The number of rotatable bonds is 26. The molecule has 1 unspecified atom stereocenters. The Morgan fingerprint density at radius 2 is 1.45 bits per heavy atom.